The third-order valence-electron chi connectivity index (χ3n) is 4.61. The van der Waals surface area contributed by atoms with E-state index in [1.807, 2.05) is 11.8 Å². The Morgan fingerprint density at radius 3 is 2.55 bits per heavy atom. The van der Waals surface area contributed by atoms with E-state index in [0.717, 1.165) is 11.3 Å². The number of thioether (sulfide) groups is 1. The SMILES string of the molecule is CSC1CCC(NC(C)CC(C)(C)c2ccccc2)C1. The summed E-state index contributed by atoms with van der Waals surface area (Å²) in [6.07, 6.45) is 7.51. The monoisotopic (exact) mass is 291 g/mol. The fraction of sp³-hybridized carbons (Fsp3) is 0.667. The average Bonchev–Trinajstić information content (AvgIpc) is 2.86. The molecule has 20 heavy (non-hydrogen) atoms. The Bertz CT molecular complexity index is 401. The van der Waals surface area contributed by atoms with Crippen LogP contribution in [0.25, 0.3) is 0 Å². The molecule has 1 N–H and O–H groups in total. The molecule has 2 heteroatoms. The van der Waals surface area contributed by atoms with E-state index >= 15 is 0 Å². The van der Waals surface area contributed by atoms with Gasteiger partial charge in [0.1, 0.15) is 0 Å². The van der Waals surface area contributed by atoms with Gasteiger partial charge in [-0.2, -0.15) is 11.8 Å². The molecule has 1 nitrogen and oxygen atoms in total. The van der Waals surface area contributed by atoms with E-state index in [2.05, 4.69) is 62.7 Å². The van der Waals surface area contributed by atoms with Gasteiger partial charge in [-0.05, 0) is 49.8 Å². The number of hydrogen-bond donors (Lipinski definition) is 1. The highest BCUT2D eigenvalue weighted by Gasteiger charge is 2.28. The van der Waals surface area contributed by atoms with E-state index in [4.69, 9.17) is 0 Å². The minimum absolute atomic E-state index is 0.241. The summed E-state index contributed by atoms with van der Waals surface area (Å²) in [5.41, 5.74) is 1.69. The minimum Gasteiger partial charge on any atom is -0.311 e. The first-order valence-corrected chi connectivity index (χ1v) is 9.14. The van der Waals surface area contributed by atoms with Gasteiger partial charge >= 0.3 is 0 Å². The van der Waals surface area contributed by atoms with Crippen LogP contribution in [-0.4, -0.2) is 23.6 Å². The maximum Gasteiger partial charge on any atom is 0.00804 e. The van der Waals surface area contributed by atoms with E-state index in [0.29, 0.717) is 6.04 Å². The normalized spacial score (nSPS) is 24.8. The lowest BCUT2D eigenvalue weighted by molar-refractivity contribution is 0.357. The Morgan fingerprint density at radius 2 is 1.95 bits per heavy atom. The fourth-order valence-corrected chi connectivity index (χ4v) is 4.34. The van der Waals surface area contributed by atoms with Gasteiger partial charge in [-0.1, -0.05) is 44.2 Å². The molecule has 0 radical (unpaired) electrons. The van der Waals surface area contributed by atoms with Gasteiger partial charge in [-0.15, -0.1) is 0 Å². The zero-order valence-electron chi connectivity index (χ0n) is 13.4. The summed E-state index contributed by atoms with van der Waals surface area (Å²) in [5, 5.41) is 4.73. The molecule has 0 amide bonds. The third-order valence-corrected chi connectivity index (χ3v) is 5.70. The highest BCUT2D eigenvalue weighted by Crippen LogP contribution is 2.31. The van der Waals surface area contributed by atoms with Crippen LogP contribution in [0.15, 0.2) is 30.3 Å². The number of benzene rings is 1. The molecule has 1 fully saturated rings. The molecule has 2 rings (SSSR count). The van der Waals surface area contributed by atoms with Gasteiger partial charge in [0, 0.05) is 17.3 Å². The molecule has 1 aliphatic carbocycles. The van der Waals surface area contributed by atoms with E-state index in [9.17, 15) is 0 Å². The number of hydrogen-bond acceptors (Lipinski definition) is 2. The Hall–Kier alpha value is -0.470. The van der Waals surface area contributed by atoms with Crippen molar-refractivity contribution in [2.45, 2.75) is 69.2 Å². The minimum atomic E-state index is 0.241. The van der Waals surface area contributed by atoms with Gasteiger partial charge in [-0.3, -0.25) is 0 Å². The second-order valence-corrected chi connectivity index (χ2v) is 8.03. The van der Waals surface area contributed by atoms with E-state index in [-0.39, 0.29) is 5.41 Å². The molecule has 0 aromatic heterocycles. The summed E-state index contributed by atoms with van der Waals surface area (Å²) in [5.74, 6) is 0. The third kappa shape index (κ3) is 4.26. The summed E-state index contributed by atoms with van der Waals surface area (Å²) in [6, 6.07) is 12.2. The molecule has 1 aliphatic rings. The smallest absolute Gasteiger partial charge is 0.00804 e. The van der Waals surface area contributed by atoms with Crippen molar-refractivity contribution in [1.82, 2.24) is 5.32 Å². The molecular weight excluding hydrogens is 262 g/mol. The van der Waals surface area contributed by atoms with Gasteiger partial charge in [0.15, 0.2) is 0 Å². The summed E-state index contributed by atoms with van der Waals surface area (Å²) in [4.78, 5) is 0. The van der Waals surface area contributed by atoms with Crippen LogP contribution >= 0.6 is 11.8 Å². The van der Waals surface area contributed by atoms with E-state index in [1.54, 1.807) is 0 Å². The van der Waals surface area contributed by atoms with Gasteiger partial charge in [-0.25, -0.2) is 0 Å². The molecule has 0 bridgehead atoms. The van der Waals surface area contributed by atoms with Crippen molar-refractivity contribution in [3.05, 3.63) is 35.9 Å². The van der Waals surface area contributed by atoms with Crippen LogP contribution in [0.2, 0.25) is 0 Å². The summed E-state index contributed by atoms with van der Waals surface area (Å²) in [7, 11) is 0. The summed E-state index contributed by atoms with van der Waals surface area (Å²) >= 11 is 2.03. The predicted molar refractivity (Wildman–Crippen MR) is 91.6 cm³/mol. The van der Waals surface area contributed by atoms with Crippen molar-refractivity contribution in [2.75, 3.05) is 6.26 Å². The molecule has 0 saturated heterocycles. The Kier molecular flexibility index (Phi) is 5.57. The zero-order valence-corrected chi connectivity index (χ0v) is 14.2. The van der Waals surface area contributed by atoms with Crippen LogP contribution in [0, 0.1) is 0 Å². The largest absolute Gasteiger partial charge is 0.311 e. The lowest BCUT2D eigenvalue weighted by Gasteiger charge is -2.30. The molecule has 3 atom stereocenters. The van der Waals surface area contributed by atoms with Crippen LogP contribution in [0.3, 0.4) is 0 Å². The molecule has 1 aromatic carbocycles. The lowest BCUT2D eigenvalue weighted by atomic mass is 9.79. The highest BCUT2D eigenvalue weighted by atomic mass is 32.2. The first-order chi connectivity index (χ1) is 9.51. The molecule has 1 saturated carbocycles. The first-order valence-electron chi connectivity index (χ1n) is 7.85. The van der Waals surface area contributed by atoms with Gasteiger partial charge in [0.25, 0.3) is 0 Å². The molecule has 1 aromatic rings. The van der Waals surface area contributed by atoms with Gasteiger partial charge in [0.2, 0.25) is 0 Å². The second-order valence-electron chi connectivity index (χ2n) is 6.89. The van der Waals surface area contributed by atoms with Crippen LogP contribution < -0.4 is 5.32 Å². The van der Waals surface area contributed by atoms with Crippen molar-refractivity contribution in [3.63, 3.8) is 0 Å². The molecule has 0 heterocycles. The zero-order chi connectivity index (χ0) is 14.6. The topological polar surface area (TPSA) is 12.0 Å². The molecule has 0 aliphatic heterocycles. The molecule has 112 valence electrons. The Balaban J connectivity index is 1.86. The van der Waals surface area contributed by atoms with E-state index < -0.39 is 0 Å². The number of nitrogens with one attached hydrogen (secondary N) is 1. The van der Waals surface area contributed by atoms with Crippen LogP contribution in [0.1, 0.15) is 52.0 Å². The standard InChI is InChI=1S/C18H29NS/c1-14(19-16-10-11-17(12-16)20-4)13-18(2,3)15-8-6-5-7-9-15/h5-9,14,16-17,19H,10-13H2,1-4H3. The van der Waals surface area contributed by atoms with Crippen LogP contribution in [0.4, 0.5) is 0 Å². The first kappa shape index (κ1) is 15.9. The van der Waals surface area contributed by atoms with Crippen molar-refractivity contribution in [3.8, 4) is 0 Å². The Morgan fingerprint density at radius 1 is 1.25 bits per heavy atom. The summed E-state index contributed by atoms with van der Waals surface area (Å²) < 4.78 is 0. The van der Waals surface area contributed by atoms with Crippen LogP contribution in [0.5, 0.6) is 0 Å². The van der Waals surface area contributed by atoms with Crippen molar-refractivity contribution in [1.29, 1.82) is 0 Å². The average molecular weight is 292 g/mol. The quantitative estimate of drug-likeness (QED) is 0.821. The van der Waals surface area contributed by atoms with Crippen molar-refractivity contribution >= 4 is 11.8 Å². The fourth-order valence-electron chi connectivity index (χ4n) is 3.54. The Labute approximate surface area is 128 Å². The van der Waals surface area contributed by atoms with Gasteiger partial charge < -0.3 is 5.32 Å². The molecule has 3 unspecified atom stereocenters. The number of rotatable bonds is 6. The van der Waals surface area contributed by atoms with Gasteiger partial charge in [0.05, 0.1) is 0 Å². The summed E-state index contributed by atoms with van der Waals surface area (Å²) in [6.45, 7) is 7.07. The maximum atomic E-state index is 3.86. The lowest BCUT2D eigenvalue weighted by Crippen LogP contribution is -2.39. The van der Waals surface area contributed by atoms with Crippen molar-refractivity contribution in [2.24, 2.45) is 0 Å². The second kappa shape index (κ2) is 7.00. The van der Waals surface area contributed by atoms with E-state index in [1.165, 1.54) is 31.2 Å². The molecular formula is C18H29NS. The maximum absolute atomic E-state index is 3.86. The van der Waals surface area contributed by atoms with Crippen LogP contribution in [-0.2, 0) is 5.41 Å². The van der Waals surface area contributed by atoms with Crippen molar-refractivity contribution < 1.29 is 0 Å². The highest BCUT2D eigenvalue weighted by molar-refractivity contribution is 7.99. The molecule has 0 spiro atoms. The predicted octanol–water partition coefficient (Wildman–Crippen LogP) is 4.62.